The lowest BCUT2D eigenvalue weighted by Crippen LogP contribution is -2.31. The molecule has 0 saturated carbocycles. The van der Waals surface area contributed by atoms with E-state index in [9.17, 15) is 9.59 Å². The summed E-state index contributed by atoms with van der Waals surface area (Å²) in [6, 6.07) is 14.9. The Bertz CT molecular complexity index is 728. The fourth-order valence-corrected chi connectivity index (χ4v) is 2.38. The molecule has 0 spiro atoms. The highest BCUT2D eigenvalue weighted by atomic mass is 16.5. The average molecular weight is 341 g/mol. The van der Waals surface area contributed by atoms with Crippen LogP contribution >= 0.6 is 0 Å². The van der Waals surface area contributed by atoms with Crippen molar-refractivity contribution in [1.29, 1.82) is 0 Å². The van der Waals surface area contributed by atoms with E-state index in [2.05, 4.69) is 5.32 Å². The van der Waals surface area contributed by atoms with Crippen LogP contribution < -0.4 is 10.1 Å². The summed E-state index contributed by atoms with van der Waals surface area (Å²) in [5.74, 6) is -0.0856. The molecule has 0 aliphatic heterocycles. The quantitative estimate of drug-likeness (QED) is 0.786. The molecule has 5 nitrogen and oxygen atoms in total. The van der Waals surface area contributed by atoms with Gasteiger partial charge < -0.3 is 14.8 Å². The summed E-state index contributed by atoms with van der Waals surface area (Å²) in [6.07, 6.45) is 0. The minimum Gasteiger partial charge on any atom is -0.496 e. The van der Waals surface area contributed by atoms with E-state index < -0.39 is 5.97 Å². The third-order valence-electron chi connectivity index (χ3n) is 3.95. The van der Waals surface area contributed by atoms with Crippen molar-refractivity contribution < 1.29 is 19.1 Å². The van der Waals surface area contributed by atoms with Crippen LogP contribution in [-0.2, 0) is 9.53 Å². The minimum atomic E-state index is -0.551. The second-order valence-electron chi connectivity index (χ2n) is 5.88. The van der Waals surface area contributed by atoms with E-state index >= 15 is 0 Å². The Morgan fingerprint density at radius 1 is 1.12 bits per heavy atom. The molecule has 0 aliphatic rings. The monoisotopic (exact) mass is 341 g/mol. The molecule has 2 aromatic rings. The van der Waals surface area contributed by atoms with E-state index in [0.29, 0.717) is 17.9 Å². The second-order valence-corrected chi connectivity index (χ2v) is 5.88. The lowest BCUT2D eigenvalue weighted by atomic mass is 10.0. The fraction of sp³-hybridized carbons (Fsp3) is 0.300. The normalized spacial score (nSPS) is 11.5. The molecule has 132 valence electrons. The predicted octanol–water partition coefficient (Wildman–Crippen LogP) is 3.08. The molecule has 0 bridgehead atoms. The Labute approximate surface area is 148 Å². The Morgan fingerprint density at radius 3 is 2.52 bits per heavy atom. The van der Waals surface area contributed by atoms with Crippen LogP contribution in [0.2, 0.25) is 0 Å². The summed E-state index contributed by atoms with van der Waals surface area (Å²) in [6.45, 7) is 4.09. The number of ether oxygens (including phenoxy) is 2. The van der Waals surface area contributed by atoms with Crippen molar-refractivity contribution in [3.63, 3.8) is 0 Å². The third kappa shape index (κ3) is 5.35. The van der Waals surface area contributed by atoms with Crippen molar-refractivity contribution in [3.05, 3.63) is 65.2 Å². The van der Waals surface area contributed by atoms with Crippen molar-refractivity contribution in [2.45, 2.75) is 19.8 Å². The molecular formula is C20H23NO4. The molecule has 0 fully saturated rings. The number of benzene rings is 2. The number of aryl methyl sites for hydroxylation is 1. The Balaban J connectivity index is 1.80. The summed E-state index contributed by atoms with van der Waals surface area (Å²) < 4.78 is 10.2. The number of nitrogens with one attached hydrogen (secondary N) is 1. The number of rotatable bonds is 7. The van der Waals surface area contributed by atoms with Gasteiger partial charge in [-0.05, 0) is 36.1 Å². The van der Waals surface area contributed by atoms with E-state index in [1.807, 2.05) is 44.2 Å². The first kappa shape index (κ1) is 18.5. The second kappa shape index (κ2) is 8.87. The maximum atomic E-state index is 12.0. The first-order chi connectivity index (χ1) is 12.0. The number of esters is 1. The molecular weight excluding hydrogens is 318 g/mol. The van der Waals surface area contributed by atoms with E-state index in [4.69, 9.17) is 9.47 Å². The van der Waals surface area contributed by atoms with Crippen molar-refractivity contribution in [3.8, 4) is 5.75 Å². The van der Waals surface area contributed by atoms with Gasteiger partial charge in [-0.15, -0.1) is 0 Å². The average Bonchev–Trinajstić information content (AvgIpc) is 2.65. The molecule has 5 heteroatoms. The third-order valence-corrected chi connectivity index (χ3v) is 3.95. The molecule has 1 atom stereocenters. The van der Waals surface area contributed by atoms with Crippen molar-refractivity contribution in [2.75, 3.05) is 20.3 Å². The molecule has 2 aromatic carbocycles. The maximum Gasteiger partial charge on any atom is 0.338 e. The SMILES string of the molecule is COc1cc(C(=O)OCC(=O)NC[C@H](C)c2ccccc2)ccc1C. The zero-order chi connectivity index (χ0) is 18.2. The van der Waals surface area contributed by atoms with E-state index in [0.717, 1.165) is 11.1 Å². The molecule has 0 saturated heterocycles. The number of amides is 1. The number of hydrogen-bond donors (Lipinski definition) is 1. The highest BCUT2D eigenvalue weighted by Gasteiger charge is 2.13. The predicted molar refractivity (Wildman–Crippen MR) is 95.9 cm³/mol. The minimum absolute atomic E-state index is 0.183. The molecule has 25 heavy (non-hydrogen) atoms. The topological polar surface area (TPSA) is 64.6 Å². The van der Waals surface area contributed by atoms with Gasteiger partial charge in [0.25, 0.3) is 5.91 Å². The molecule has 2 rings (SSSR count). The standard InChI is InChI=1S/C20H23NO4/c1-14-9-10-17(11-18(14)24-3)20(23)25-13-19(22)21-12-15(2)16-7-5-4-6-8-16/h4-11,15H,12-13H2,1-3H3,(H,21,22)/t15-/m0/s1. The summed E-state index contributed by atoms with van der Waals surface area (Å²) in [7, 11) is 1.54. The Kier molecular flexibility index (Phi) is 6.57. The summed E-state index contributed by atoms with van der Waals surface area (Å²) in [5, 5.41) is 2.78. The zero-order valence-corrected chi connectivity index (χ0v) is 14.7. The van der Waals surface area contributed by atoms with Gasteiger partial charge in [0.05, 0.1) is 12.7 Å². The molecule has 0 radical (unpaired) electrons. The van der Waals surface area contributed by atoms with Gasteiger partial charge in [-0.2, -0.15) is 0 Å². The van der Waals surface area contributed by atoms with Crippen LogP contribution in [0.15, 0.2) is 48.5 Å². The smallest absolute Gasteiger partial charge is 0.338 e. The highest BCUT2D eigenvalue weighted by molar-refractivity contribution is 5.91. The fourth-order valence-electron chi connectivity index (χ4n) is 2.38. The summed E-state index contributed by atoms with van der Waals surface area (Å²) in [5.41, 5.74) is 2.42. The van der Waals surface area contributed by atoms with Crippen LogP contribution in [0.4, 0.5) is 0 Å². The van der Waals surface area contributed by atoms with Crippen LogP contribution in [0.25, 0.3) is 0 Å². The van der Waals surface area contributed by atoms with Crippen molar-refractivity contribution in [2.24, 2.45) is 0 Å². The van der Waals surface area contributed by atoms with Gasteiger partial charge in [-0.25, -0.2) is 4.79 Å². The van der Waals surface area contributed by atoms with Crippen LogP contribution in [0.5, 0.6) is 5.75 Å². The number of carbonyl (C=O) groups is 2. The zero-order valence-electron chi connectivity index (χ0n) is 14.7. The van der Waals surface area contributed by atoms with E-state index in [-0.39, 0.29) is 18.4 Å². The van der Waals surface area contributed by atoms with Crippen LogP contribution in [0, 0.1) is 6.92 Å². The first-order valence-electron chi connectivity index (χ1n) is 8.14. The van der Waals surface area contributed by atoms with Crippen molar-refractivity contribution in [1.82, 2.24) is 5.32 Å². The lowest BCUT2D eigenvalue weighted by Gasteiger charge is -2.13. The van der Waals surface area contributed by atoms with Crippen molar-refractivity contribution >= 4 is 11.9 Å². The van der Waals surface area contributed by atoms with Crippen LogP contribution in [0.3, 0.4) is 0 Å². The van der Waals surface area contributed by atoms with Gasteiger partial charge in [-0.1, -0.05) is 43.3 Å². The highest BCUT2D eigenvalue weighted by Crippen LogP contribution is 2.19. The maximum absolute atomic E-state index is 12.0. The molecule has 0 aromatic heterocycles. The van der Waals surface area contributed by atoms with Gasteiger partial charge >= 0.3 is 5.97 Å². The molecule has 0 heterocycles. The van der Waals surface area contributed by atoms with Gasteiger partial charge in [0.15, 0.2) is 6.61 Å². The molecule has 1 N–H and O–H groups in total. The lowest BCUT2D eigenvalue weighted by molar-refractivity contribution is -0.124. The Hall–Kier alpha value is -2.82. The van der Waals surface area contributed by atoms with Gasteiger partial charge in [0.1, 0.15) is 5.75 Å². The van der Waals surface area contributed by atoms with Gasteiger partial charge in [-0.3, -0.25) is 4.79 Å². The first-order valence-corrected chi connectivity index (χ1v) is 8.14. The molecule has 0 aliphatic carbocycles. The van der Waals surface area contributed by atoms with Crippen LogP contribution in [0.1, 0.15) is 34.3 Å². The Morgan fingerprint density at radius 2 is 1.84 bits per heavy atom. The molecule has 0 unspecified atom stereocenters. The number of carbonyl (C=O) groups excluding carboxylic acids is 2. The van der Waals surface area contributed by atoms with Crippen LogP contribution in [-0.4, -0.2) is 32.1 Å². The van der Waals surface area contributed by atoms with E-state index in [1.165, 1.54) is 0 Å². The number of methoxy groups -OCH3 is 1. The van der Waals surface area contributed by atoms with E-state index in [1.54, 1.807) is 25.3 Å². The van der Waals surface area contributed by atoms with Gasteiger partial charge in [0.2, 0.25) is 0 Å². The molecule has 1 amide bonds. The summed E-state index contributed by atoms with van der Waals surface area (Å²) in [4.78, 5) is 23.9. The largest absolute Gasteiger partial charge is 0.496 e. The summed E-state index contributed by atoms with van der Waals surface area (Å²) >= 11 is 0. The number of hydrogen-bond acceptors (Lipinski definition) is 4. The van der Waals surface area contributed by atoms with Gasteiger partial charge in [0, 0.05) is 6.54 Å².